The summed E-state index contributed by atoms with van der Waals surface area (Å²) in [5.41, 5.74) is 0. The van der Waals surface area contributed by atoms with Crippen molar-refractivity contribution in [1.82, 2.24) is 5.32 Å². The van der Waals surface area contributed by atoms with E-state index in [1.807, 2.05) is 6.92 Å². The fourth-order valence-corrected chi connectivity index (χ4v) is 1.04. The van der Waals surface area contributed by atoms with E-state index in [1.54, 1.807) is 0 Å². The summed E-state index contributed by atoms with van der Waals surface area (Å²) in [6.45, 7) is 9.49. The molecule has 0 aliphatic rings. The van der Waals surface area contributed by atoms with Gasteiger partial charge in [0, 0.05) is 13.0 Å². The molecule has 0 fully saturated rings. The molecule has 0 bridgehead atoms. The highest BCUT2D eigenvalue weighted by atomic mass is 16.1. The average molecular weight is 142 g/mol. The molecule has 0 aliphatic carbocycles. The molecule has 0 aromatic rings. The Bertz CT molecular complexity index is 110. The molecule has 59 valence electrons. The van der Waals surface area contributed by atoms with Crippen LogP contribution in [0.15, 0.2) is 0 Å². The molecule has 1 N–H and O–H groups in total. The number of hydrogen-bond donors (Lipinski definition) is 1. The van der Waals surface area contributed by atoms with Crippen molar-refractivity contribution in [2.45, 2.75) is 33.2 Å². The highest BCUT2D eigenvalue weighted by molar-refractivity contribution is 5.80. The van der Waals surface area contributed by atoms with Crippen LogP contribution in [0.5, 0.6) is 0 Å². The molecule has 1 atom stereocenters. The maximum Gasteiger partial charge on any atom is 0.220 e. The highest BCUT2D eigenvalue weighted by Gasteiger charge is 2.04. The van der Waals surface area contributed by atoms with Gasteiger partial charge in [-0.1, -0.05) is 13.8 Å². The van der Waals surface area contributed by atoms with Gasteiger partial charge < -0.3 is 5.32 Å². The van der Waals surface area contributed by atoms with E-state index in [9.17, 15) is 4.79 Å². The summed E-state index contributed by atoms with van der Waals surface area (Å²) in [6, 6.07) is 0.255. The smallest absolute Gasteiger partial charge is 0.220 e. The van der Waals surface area contributed by atoms with Gasteiger partial charge in [-0.15, -0.1) is 0 Å². The van der Waals surface area contributed by atoms with E-state index in [0.29, 0.717) is 5.92 Å². The number of carbonyl (C=O) groups excluding carboxylic acids is 1. The van der Waals surface area contributed by atoms with Gasteiger partial charge in [0.2, 0.25) is 5.91 Å². The Morgan fingerprint density at radius 2 is 2.00 bits per heavy atom. The van der Waals surface area contributed by atoms with Crippen molar-refractivity contribution in [1.29, 1.82) is 0 Å². The second kappa shape index (κ2) is 4.31. The van der Waals surface area contributed by atoms with Crippen LogP contribution in [0.25, 0.3) is 0 Å². The van der Waals surface area contributed by atoms with Crippen LogP contribution in [0.3, 0.4) is 0 Å². The number of carbonyl (C=O) groups is 1. The van der Waals surface area contributed by atoms with Crippen molar-refractivity contribution < 1.29 is 4.79 Å². The molecule has 0 rings (SSSR count). The number of amides is 1. The first-order valence-corrected chi connectivity index (χ1v) is 3.64. The molecular formula is C8H16NO. The largest absolute Gasteiger partial charge is 0.354 e. The molecule has 2 heteroatoms. The Morgan fingerprint density at radius 1 is 1.50 bits per heavy atom. The summed E-state index contributed by atoms with van der Waals surface area (Å²) < 4.78 is 0. The zero-order chi connectivity index (χ0) is 8.15. The average Bonchev–Trinajstić information content (AvgIpc) is 1.58. The van der Waals surface area contributed by atoms with Crippen molar-refractivity contribution in [2.24, 2.45) is 5.92 Å². The SMILES string of the molecule is [CH2]C(=O)NC(C)CC(C)C. The zero-order valence-electron chi connectivity index (χ0n) is 6.98. The molecule has 1 amide bonds. The molecule has 10 heavy (non-hydrogen) atoms. The van der Waals surface area contributed by atoms with E-state index in [0.717, 1.165) is 6.42 Å². The number of rotatable bonds is 3. The van der Waals surface area contributed by atoms with E-state index < -0.39 is 0 Å². The fourth-order valence-electron chi connectivity index (χ4n) is 1.04. The summed E-state index contributed by atoms with van der Waals surface area (Å²) in [6.07, 6.45) is 1.02. The van der Waals surface area contributed by atoms with Gasteiger partial charge in [0.25, 0.3) is 0 Å². The van der Waals surface area contributed by atoms with Gasteiger partial charge in [0.05, 0.1) is 0 Å². The maximum atomic E-state index is 10.4. The third kappa shape index (κ3) is 5.60. The lowest BCUT2D eigenvalue weighted by Crippen LogP contribution is -2.31. The topological polar surface area (TPSA) is 29.1 Å². The van der Waals surface area contributed by atoms with E-state index in [1.165, 1.54) is 0 Å². The van der Waals surface area contributed by atoms with Gasteiger partial charge in [0.1, 0.15) is 0 Å². The Labute approximate surface area is 63.0 Å². The van der Waals surface area contributed by atoms with E-state index in [2.05, 4.69) is 26.1 Å². The first-order chi connectivity index (χ1) is 4.52. The predicted molar refractivity (Wildman–Crippen MR) is 42.4 cm³/mol. The Balaban J connectivity index is 3.43. The first-order valence-electron chi connectivity index (χ1n) is 3.64. The van der Waals surface area contributed by atoms with Crippen molar-refractivity contribution in [3.8, 4) is 0 Å². The van der Waals surface area contributed by atoms with Gasteiger partial charge in [-0.3, -0.25) is 4.79 Å². The highest BCUT2D eigenvalue weighted by Crippen LogP contribution is 2.02. The van der Waals surface area contributed by atoms with Gasteiger partial charge in [-0.2, -0.15) is 0 Å². The van der Waals surface area contributed by atoms with Crippen LogP contribution in [0.2, 0.25) is 0 Å². The molecule has 0 aromatic heterocycles. The molecule has 1 radical (unpaired) electrons. The first kappa shape index (κ1) is 9.47. The molecule has 1 unspecified atom stereocenters. The van der Waals surface area contributed by atoms with Gasteiger partial charge in [-0.25, -0.2) is 0 Å². The summed E-state index contributed by atoms with van der Waals surface area (Å²) in [7, 11) is 0. The maximum absolute atomic E-state index is 10.4. The molecule has 0 saturated heterocycles. The lowest BCUT2D eigenvalue weighted by molar-refractivity contribution is -0.117. The van der Waals surface area contributed by atoms with E-state index >= 15 is 0 Å². The Kier molecular flexibility index (Phi) is 4.08. The Morgan fingerprint density at radius 3 is 2.30 bits per heavy atom. The molecule has 0 heterocycles. The zero-order valence-corrected chi connectivity index (χ0v) is 6.98. The van der Waals surface area contributed by atoms with Crippen LogP contribution in [0.4, 0.5) is 0 Å². The van der Waals surface area contributed by atoms with Crippen molar-refractivity contribution in [3.05, 3.63) is 6.92 Å². The predicted octanol–water partition coefficient (Wildman–Crippen LogP) is 1.37. The summed E-state index contributed by atoms with van der Waals surface area (Å²) in [5, 5.41) is 2.72. The third-order valence-electron chi connectivity index (χ3n) is 1.23. The van der Waals surface area contributed by atoms with Crippen molar-refractivity contribution in [3.63, 3.8) is 0 Å². The van der Waals surface area contributed by atoms with Crippen LogP contribution in [0, 0.1) is 12.8 Å². The molecule has 0 spiro atoms. The standard InChI is InChI=1S/C8H16NO/c1-6(2)5-7(3)9-8(4)10/h6-7H,4-5H2,1-3H3,(H,9,10). The van der Waals surface area contributed by atoms with Gasteiger partial charge >= 0.3 is 0 Å². The molecule has 0 aromatic carbocycles. The second-order valence-electron chi connectivity index (χ2n) is 3.10. The fraction of sp³-hybridized carbons (Fsp3) is 0.750. The minimum atomic E-state index is -0.187. The summed E-state index contributed by atoms with van der Waals surface area (Å²) >= 11 is 0. The number of nitrogens with one attached hydrogen (secondary N) is 1. The van der Waals surface area contributed by atoms with Crippen molar-refractivity contribution in [2.75, 3.05) is 0 Å². The molecule has 0 aliphatic heterocycles. The van der Waals surface area contributed by atoms with Crippen molar-refractivity contribution >= 4 is 5.91 Å². The minimum absolute atomic E-state index is 0.187. The lowest BCUT2D eigenvalue weighted by Gasteiger charge is -2.13. The van der Waals surface area contributed by atoms with Crippen LogP contribution in [0.1, 0.15) is 27.2 Å². The molecule has 0 saturated carbocycles. The van der Waals surface area contributed by atoms with Crippen LogP contribution < -0.4 is 5.32 Å². The van der Waals surface area contributed by atoms with Gasteiger partial charge in [0.15, 0.2) is 0 Å². The third-order valence-corrected chi connectivity index (χ3v) is 1.23. The van der Waals surface area contributed by atoms with Gasteiger partial charge in [-0.05, 0) is 19.3 Å². The quantitative estimate of drug-likeness (QED) is 0.633. The summed E-state index contributed by atoms with van der Waals surface area (Å²) in [4.78, 5) is 10.4. The van der Waals surface area contributed by atoms with Crippen LogP contribution in [-0.2, 0) is 4.79 Å². The lowest BCUT2D eigenvalue weighted by atomic mass is 10.1. The Hall–Kier alpha value is -0.530. The van der Waals surface area contributed by atoms with E-state index in [4.69, 9.17) is 0 Å². The van der Waals surface area contributed by atoms with Crippen LogP contribution >= 0.6 is 0 Å². The van der Waals surface area contributed by atoms with E-state index in [-0.39, 0.29) is 11.9 Å². The molecule has 2 nitrogen and oxygen atoms in total. The molecular weight excluding hydrogens is 126 g/mol. The minimum Gasteiger partial charge on any atom is -0.354 e. The number of hydrogen-bond acceptors (Lipinski definition) is 1. The monoisotopic (exact) mass is 142 g/mol. The summed E-state index contributed by atoms with van der Waals surface area (Å²) in [5.74, 6) is 0.440. The second-order valence-corrected chi connectivity index (χ2v) is 3.10. The van der Waals surface area contributed by atoms with Crippen LogP contribution in [-0.4, -0.2) is 11.9 Å². The normalized spacial score (nSPS) is 13.3.